The minimum atomic E-state index is -0.740. The first-order valence-corrected chi connectivity index (χ1v) is 9.43. The Morgan fingerprint density at radius 3 is 2.81 bits per heavy atom. The van der Waals surface area contributed by atoms with E-state index >= 15 is 0 Å². The summed E-state index contributed by atoms with van der Waals surface area (Å²) < 4.78 is 7.24. The summed E-state index contributed by atoms with van der Waals surface area (Å²) in [6.07, 6.45) is 2.47. The Morgan fingerprint density at radius 2 is 2.04 bits per heavy atom. The molecule has 0 aliphatic heterocycles. The number of amides is 1. The van der Waals surface area contributed by atoms with Crippen molar-refractivity contribution in [2.45, 2.75) is 31.9 Å². The number of ether oxygens (including phenoxy) is 1. The van der Waals surface area contributed by atoms with Gasteiger partial charge in [-0.1, -0.05) is 36.4 Å². The summed E-state index contributed by atoms with van der Waals surface area (Å²) in [4.78, 5) is 10.9. The standard InChI is InChI=1S/C22H25N3O2/c1-25-20-10-7-16(14-27-22(23)26)13-18(20)17-8-9-19(21(17)25)24-12-11-15-5-3-2-4-6-15/h2-7,10,13,19,24H,8-9,11-12,14H2,1H3,(H2,23,26). The van der Waals surface area contributed by atoms with Crippen molar-refractivity contribution in [3.8, 4) is 0 Å². The molecule has 0 saturated carbocycles. The van der Waals surface area contributed by atoms with Crippen molar-refractivity contribution < 1.29 is 9.53 Å². The molecule has 0 radical (unpaired) electrons. The maximum absolute atomic E-state index is 10.9. The summed E-state index contributed by atoms with van der Waals surface area (Å²) in [5, 5.41) is 4.99. The van der Waals surface area contributed by atoms with Crippen LogP contribution in [0.4, 0.5) is 4.79 Å². The summed E-state index contributed by atoms with van der Waals surface area (Å²) in [7, 11) is 2.14. The van der Waals surface area contributed by atoms with Gasteiger partial charge in [0.1, 0.15) is 6.61 Å². The fraction of sp³-hybridized carbons (Fsp3) is 0.318. The van der Waals surface area contributed by atoms with E-state index in [1.807, 2.05) is 6.07 Å². The Morgan fingerprint density at radius 1 is 1.22 bits per heavy atom. The van der Waals surface area contributed by atoms with Gasteiger partial charge < -0.3 is 20.4 Å². The number of fused-ring (bicyclic) bond motifs is 3. The minimum absolute atomic E-state index is 0.216. The number of carbonyl (C=O) groups excluding carboxylic acids is 1. The van der Waals surface area contributed by atoms with Crippen LogP contribution in [0.3, 0.4) is 0 Å². The molecule has 5 heteroatoms. The van der Waals surface area contributed by atoms with Crippen LogP contribution in [0.25, 0.3) is 10.9 Å². The Labute approximate surface area is 159 Å². The predicted molar refractivity (Wildman–Crippen MR) is 107 cm³/mol. The smallest absolute Gasteiger partial charge is 0.404 e. The SMILES string of the molecule is Cn1c2c(c3cc(COC(N)=O)ccc31)CCC2NCCc1ccccc1. The first-order valence-electron chi connectivity index (χ1n) is 9.43. The molecule has 1 atom stereocenters. The summed E-state index contributed by atoms with van der Waals surface area (Å²) in [5.74, 6) is 0. The summed E-state index contributed by atoms with van der Waals surface area (Å²) in [5.41, 5.74) is 11.4. The lowest BCUT2D eigenvalue weighted by Gasteiger charge is -2.15. The van der Waals surface area contributed by atoms with Gasteiger partial charge in [-0.2, -0.15) is 0 Å². The van der Waals surface area contributed by atoms with Gasteiger partial charge in [0.25, 0.3) is 0 Å². The van der Waals surface area contributed by atoms with Crippen LogP contribution < -0.4 is 11.1 Å². The third-order valence-electron chi connectivity index (χ3n) is 5.46. The molecule has 0 bridgehead atoms. The number of rotatable bonds is 6. The highest BCUT2D eigenvalue weighted by Crippen LogP contribution is 2.38. The number of benzene rings is 2. The first-order chi connectivity index (χ1) is 13.1. The van der Waals surface area contributed by atoms with Gasteiger partial charge >= 0.3 is 6.09 Å². The number of nitrogens with zero attached hydrogens (tertiary/aromatic N) is 1. The van der Waals surface area contributed by atoms with Crippen molar-refractivity contribution in [2.24, 2.45) is 12.8 Å². The first kappa shape index (κ1) is 17.6. The fourth-order valence-corrected chi connectivity index (χ4v) is 4.20. The van der Waals surface area contributed by atoms with E-state index in [2.05, 4.69) is 59.4 Å². The number of primary amides is 1. The van der Waals surface area contributed by atoms with Gasteiger partial charge in [0.2, 0.25) is 0 Å². The number of nitrogens with two attached hydrogens (primary N) is 1. The maximum atomic E-state index is 10.9. The monoisotopic (exact) mass is 363 g/mol. The molecule has 1 unspecified atom stereocenters. The van der Waals surface area contributed by atoms with Gasteiger partial charge in [-0.25, -0.2) is 4.79 Å². The van der Waals surface area contributed by atoms with E-state index in [-0.39, 0.29) is 6.61 Å². The third-order valence-corrected chi connectivity index (χ3v) is 5.46. The molecule has 1 aliphatic carbocycles. The maximum Gasteiger partial charge on any atom is 0.404 e. The molecule has 2 aromatic carbocycles. The lowest BCUT2D eigenvalue weighted by atomic mass is 10.1. The van der Waals surface area contributed by atoms with Crippen molar-refractivity contribution in [2.75, 3.05) is 6.54 Å². The van der Waals surface area contributed by atoms with Gasteiger partial charge in [0.05, 0.1) is 0 Å². The van der Waals surface area contributed by atoms with Crippen molar-refractivity contribution in [3.05, 3.63) is 70.9 Å². The largest absolute Gasteiger partial charge is 0.445 e. The van der Waals surface area contributed by atoms with Crippen LogP contribution in [0.15, 0.2) is 48.5 Å². The highest BCUT2D eigenvalue weighted by molar-refractivity contribution is 5.87. The predicted octanol–water partition coefficient (Wildman–Crippen LogP) is 3.59. The second-order valence-corrected chi connectivity index (χ2v) is 7.16. The van der Waals surface area contributed by atoms with E-state index in [9.17, 15) is 4.79 Å². The average molecular weight is 363 g/mol. The molecule has 3 N–H and O–H groups in total. The lowest BCUT2D eigenvalue weighted by molar-refractivity contribution is 0.150. The summed E-state index contributed by atoms with van der Waals surface area (Å²) >= 11 is 0. The third kappa shape index (κ3) is 3.55. The second kappa shape index (κ2) is 7.45. The van der Waals surface area contributed by atoms with Crippen molar-refractivity contribution in [1.29, 1.82) is 0 Å². The minimum Gasteiger partial charge on any atom is -0.445 e. The van der Waals surface area contributed by atoms with Crippen LogP contribution in [0.1, 0.15) is 34.8 Å². The van der Waals surface area contributed by atoms with Crippen LogP contribution in [-0.2, 0) is 31.2 Å². The van der Waals surface area contributed by atoms with Gasteiger partial charge in [-0.3, -0.25) is 0 Å². The number of aromatic nitrogens is 1. The highest BCUT2D eigenvalue weighted by atomic mass is 16.5. The molecule has 0 spiro atoms. The molecule has 1 heterocycles. The van der Waals surface area contributed by atoms with Gasteiger partial charge in [0, 0.05) is 29.7 Å². The molecule has 140 valence electrons. The van der Waals surface area contributed by atoms with Gasteiger partial charge in [-0.15, -0.1) is 0 Å². The molecule has 5 nitrogen and oxygen atoms in total. The molecule has 0 saturated heterocycles. The molecule has 27 heavy (non-hydrogen) atoms. The normalized spacial score (nSPS) is 15.8. The van der Waals surface area contributed by atoms with Crippen molar-refractivity contribution >= 4 is 17.0 Å². The number of hydrogen-bond acceptors (Lipinski definition) is 3. The van der Waals surface area contributed by atoms with Gasteiger partial charge in [0.15, 0.2) is 0 Å². The zero-order valence-electron chi connectivity index (χ0n) is 15.6. The van der Waals surface area contributed by atoms with E-state index in [4.69, 9.17) is 10.5 Å². The van der Waals surface area contributed by atoms with Crippen LogP contribution >= 0.6 is 0 Å². The zero-order chi connectivity index (χ0) is 18.8. The van der Waals surface area contributed by atoms with E-state index in [1.54, 1.807) is 0 Å². The summed E-state index contributed by atoms with van der Waals surface area (Å²) in [6.45, 7) is 1.18. The molecule has 0 fully saturated rings. The molecule has 1 aromatic heterocycles. The second-order valence-electron chi connectivity index (χ2n) is 7.16. The van der Waals surface area contributed by atoms with Crippen LogP contribution in [0, 0.1) is 0 Å². The Kier molecular flexibility index (Phi) is 4.86. The Balaban J connectivity index is 1.52. The van der Waals surface area contributed by atoms with E-state index in [0.717, 1.165) is 31.4 Å². The van der Waals surface area contributed by atoms with Gasteiger partial charge in [-0.05, 0) is 54.6 Å². The van der Waals surface area contributed by atoms with E-state index in [1.165, 1.54) is 27.7 Å². The Hall–Kier alpha value is -2.79. The lowest BCUT2D eigenvalue weighted by Crippen LogP contribution is -2.23. The molecule has 4 rings (SSSR count). The van der Waals surface area contributed by atoms with E-state index < -0.39 is 6.09 Å². The summed E-state index contributed by atoms with van der Waals surface area (Å²) in [6, 6.07) is 17.2. The number of hydrogen-bond donors (Lipinski definition) is 2. The molecular weight excluding hydrogens is 338 g/mol. The Bertz CT molecular complexity index is 963. The number of carbonyl (C=O) groups is 1. The number of nitrogens with one attached hydrogen (secondary N) is 1. The topological polar surface area (TPSA) is 69.3 Å². The van der Waals surface area contributed by atoms with Crippen molar-refractivity contribution in [1.82, 2.24) is 9.88 Å². The highest BCUT2D eigenvalue weighted by Gasteiger charge is 2.28. The van der Waals surface area contributed by atoms with Crippen molar-refractivity contribution in [3.63, 3.8) is 0 Å². The molecular formula is C22H25N3O2. The fourth-order valence-electron chi connectivity index (χ4n) is 4.20. The van der Waals surface area contributed by atoms with E-state index in [0.29, 0.717) is 6.04 Å². The van der Waals surface area contributed by atoms with Crippen LogP contribution in [0.5, 0.6) is 0 Å². The average Bonchev–Trinajstić information content (AvgIpc) is 3.21. The van der Waals surface area contributed by atoms with Crippen LogP contribution in [-0.4, -0.2) is 17.2 Å². The van der Waals surface area contributed by atoms with Crippen LogP contribution in [0.2, 0.25) is 0 Å². The number of aryl methyl sites for hydroxylation is 2. The molecule has 1 amide bonds. The molecule has 1 aliphatic rings. The molecule has 3 aromatic rings. The quantitative estimate of drug-likeness (QED) is 0.703. The zero-order valence-corrected chi connectivity index (χ0v) is 15.6.